The molecule has 0 saturated carbocycles. The fourth-order valence-corrected chi connectivity index (χ4v) is 2.65. The highest BCUT2D eigenvalue weighted by Crippen LogP contribution is 2.12. The van der Waals surface area contributed by atoms with Gasteiger partial charge in [0.05, 0.1) is 12.4 Å². The topological polar surface area (TPSA) is 191 Å². The standard InChI is InChI=1S/C19H25N5O6/c1-10(25)16(20)18(28)23-14(6-11-2-4-13(26)5-3-11)17(27)24-15(19(29)30)7-12-8-21-9-22-12/h2-5,8-10,14-16,25-26H,6-7,20H2,1H3,(H,21,22)(H,23,28)(H,24,27)(H,29,30)/t10-,14+,15+,16+/m1/s1. The Morgan fingerprint density at radius 2 is 1.73 bits per heavy atom. The molecular weight excluding hydrogens is 394 g/mol. The molecule has 0 bridgehead atoms. The molecule has 2 amide bonds. The first-order chi connectivity index (χ1) is 14.2. The number of H-pyrrole nitrogens is 1. The first kappa shape index (κ1) is 22.8. The molecule has 0 aliphatic heterocycles. The summed E-state index contributed by atoms with van der Waals surface area (Å²) >= 11 is 0. The Morgan fingerprint density at radius 3 is 2.27 bits per heavy atom. The normalized spacial score (nSPS) is 14.9. The number of aromatic amines is 1. The molecule has 0 fully saturated rings. The van der Waals surface area contributed by atoms with Crippen LogP contribution >= 0.6 is 0 Å². The molecule has 2 aromatic rings. The van der Waals surface area contributed by atoms with Crippen LogP contribution in [0.4, 0.5) is 0 Å². The average Bonchev–Trinajstić information content (AvgIpc) is 3.20. The number of rotatable bonds is 10. The summed E-state index contributed by atoms with van der Waals surface area (Å²) in [6.07, 6.45) is 1.67. The van der Waals surface area contributed by atoms with E-state index in [1.54, 1.807) is 12.1 Å². The van der Waals surface area contributed by atoms with Crippen LogP contribution in [0, 0.1) is 0 Å². The van der Waals surface area contributed by atoms with Crippen LogP contribution in [0.25, 0.3) is 0 Å². The summed E-state index contributed by atoms with van der Waals surface area (Å²) in [4.78, 5) is 43.3. The summed E-state index contributed by atoms with van der Waals surface area (Å²) in [7, 11) is 0. The highest BCUT2D eigenvalue weighted by Gasteiger charge is 2.29. The number of aliphatic hydroxyl groups is 1. The number of aromatic hydroxyl groups is 1. The van der Waals surface area contributed by atoms with Gasteiger partial charge in [0.2, 0.25) is 11.8 Å². The number of amides is 2. The summed E-state index contributed by atoms with van der Waals surface area (Å²) < 4.78 is 0. The van der Waals surface area contributed by atoms with Crippen LogP contribution in [0.15, 0.2) is 36.8 Å². The molecule has 0 spiro atoms. The van der Waals surface area contributed by atoms with Gasteiger partial charge >= 0.3 is 5.97 Å². The van der Waals surface area contributed by atoms with Gasteiger partial charge in [-0.3, -0.25) is 9.59 Å². The lowest BCUT2D eigenvalue weighted by atomic mass is 10.0. The largest absolute Gasteiger partial charge is 0.508 e. The molecular formula is C19H25N5O6. The Morgan fingerprint density at radius 1 is 1.10 bits per heavy atom. The van der Waals surface area contributed by atoms with Crippen molar-refractivity contribution in [3.05, 3.63) is 48.0 Å². The quantitative estimate of drug-likeness (QED) is 0.246. The number of aliphatic carboxylic acids is 1. The lowest BCUT2D eigenvalue weighted by molar-refractivity contribution is -0.142. The number of nitrogens with two attached hydrogens (primary N) is 1. The zero-order valence-corrected chi connectivity index (χ0v) is 16.3. The minimum absolute atomic E-state index is 0.0147. The van der Waals surface area contributed by atoms with E-state index in [9.17, 15) is 29.7 Å². The third kappa shape index (κ3) is 6.57. The molecule has 0 radical (unpaired) electrons. The number of imidazole rings is 1. The maximum absolute atomic E-state index is 12.8. The number of hydrogen-bond donors (Lipinski definition) is 7. The third-order valence-electron chi connectivity index (χ3n) is 4.43. The number of hydrogen-bond acceptors (Lipinski definition) is 7. The number of carbonyl (C=O) groups excluding carboxylic acids is 2. The predicted molar refractivity (Wildman–Crippen MR) is 105 cm³/mol. The van der Waals surface area contributed by atoms with Crippen molar-refractivity contribution < 1.29 is 29.7 Å². The lowest BCUT2D eigenvalue weighted by Crippen LogP contribution is -2.57. The van der Waals surface area contributed by atoms with Crippen LogP contribution in [0.3, 0.4) is 0 Å². The second-order valence-electron chi connectivity index (χ2n) is 6.88. The zero-order chi connectivity index (χ0) is 22.3. The van der Waals surface area contributed by atoms with E-state index < -0.39 is 42.0 Å². The van der Waals surface area contributed by atoms with Gasteiger partial charge < -0.3 is 36.7 Å². The number of nitrogens with one attached hydrogen (secondary N) is 3. The number of phenols is 1. The summed E-state index contributed by atoms with van der Waals surface area (Å²) in [5, 5.41) is 33.2. The molecule has 1 heterocycles. The second-order valence-corrected chi connectivity index (χ2v) is 6.88. The molecule has 11 nitrogen and oxygen atoms in total. The first-order valence-electron chi connectivity index (χ1n) is 9.19. The first-order valence-corrected chi connectivity index (χ1v) is 9.19. The number of phenolic OH excluding ortho intramolecular Hbond substituents is 1. The molecule has 2 rings (SSSR count). The molecule has 162 valence electrons. The second kappa shape index (κ2) is 10.4. The molecule has 30 heavy (non-hydrogen) atoms. The highest BCUT2D eigenvalue weighted by atomic mass is 16.4. The molecule has 11 heteroatoms. The van der Waals surface area contributed by atoms with Gasteiger partial charge in [0.25, 0.3) is 0 Å². The molecule has 8 N–H and O–H groups in total. The molecule has 0 saturated heterocycles. The average molecular weight is 419 g/mol. The van der Waals surface area contributed by atoms with Gasteiger partial charge in [0.1, 0.15) is 23.9 Å². The van der Waals surface area contributed by atoms with Crippen molar-refractivity contribution in [2.45, 2.75) is 44.0 Å². The highest BCUT2D eigenvalue weighted by molar-refractivity contribution is 5.92. The fraction of sp³-hybridized carbons (Fsp3) is 0.368. The monoisotopic (exact) mass is 419 g/mol. The third-order valence-corrected chi connectivity index (χ3v) is 4.43. The number of aromatic nitrogens is 2. The van der Waals surface area contributed by atoms with E-state index in [-0.39, 0.29) is 18.6 Å². The summed E-state index contributed by atoms with van der Waals surface area (Å²) in [5.41, 5.74) is 6.75. The van der Waals surface area contributed by atoms with Crippen molar-refractivity contribution in [1.29, 1.82) is 0 Å². The van der Waals surface area contributed by atoms with Crippen molar-refractivity contribution in [2.75, 3.05) is 0 Å². The molecule has 4 atom stereocenters. The van der Waals surface area contributed by atoms with Gasteiger partial charge in [-0.25, -0.2) is 9.78 Å². The molecule has 0 aliphatic rings. The van der Waals surface area contributed by atoms with Crippen LogP contribution in [-0.2, 0) is 27.2 Å². The summed E-state index contributed by atoms with van der Waals surface area (Å²) in [5.74, 6) is -2.72. The minimum atomic E-state index is -1.26. The molecule has 1 aromatic carbocycles. The van der Waals surface area contributed by atoms with Crippen molar-refractivity contribution >= 4 is 17.8 Å². The van der Waals surface area contributed by atoms with E-state index in [2.05, 4.69) is 20.6 Å². The van der Waals surface area contributed by atoms with Crippen LogP contribution < -0.4 is 16.4 Å². The van der Waals surface area contributed by atoms with E-state index >= 15 is 0 Å². The Bertz CT molecular complexity index is 853. The maximum atomic E-state index is 12.8. The van der Waals surface area contributed by atoms with Crippen LogP contribution in [0.5, 0.6) is 5.75 Å². The SMILES string of the molecule is C[C@@H](O)[C@H](N)C(=O)N[C@@H](Cc1ccc(O)cc1)C(=O)N[C@@H](Cc1cnc[nH]1)C(=O)O. The van der Waals surface area contributed by atoms with Gasteiger partial charge in [-0.05, 0) is 24.6 Å². The Kier molecular flexibility index (Phi) is 7.90. The van der Waals surface area contributed by atoms with E-state index in [0.29, 0.717) is 11.3 Å². The van der Waals surface area contributed by atoms with Crippen LogP contribution in [-0.4, -0.2) is 67.3 Å². The lowest BCUT2D eigenvalue weighted by Gasteiger charge is -2.23. The van der Waals surface area contributed by atoms with Gasteiger partial charge in [0, 0.05) is 24.7 Å². The van der Waals surface area contributed by atoms with Gasteiger partial charge in [-0.2, -0.15) is 0 Å². The molecule has 0 unspecified atom stereocenters. The number of aliphatic hydroxyl groups excluding tert-OH is 1. The van der Waals surface area contributed by atoms with E-state index in [1.807, 2.05) is 0 Å². The smallest absolute Gasteiger partial charge is 0.326 e. The Labute approximate surface area is 172 Å². The number of carboxylic acids is 1. The van der Waals surface area contributed by atoms with Crippen molar-refractivity contribution in [3.8, 4) is 5.75 Å². The maximum Gasteiger partial charge on any atom is 0.326 e. The number of carbonyl (C=O) groups is 3. The molecule has 1 aromatic heterocycles. The minimum Gasteiger partial charge on any atom is -0.508 e. The number of nitrogens with zero attached hydrogens (tertiary/aromatic N) is 1. The van der Waals surface area contributed by atoms with E-state index in [0.717, 1.165) is 0 Å². The van der Waals surface area contributed by atoms with Crippen molar-refractivity contribution in [3.63, 3.8) is 0 Å². The summed E-state index contributed by atoms with van der Waals surface area (Å²) in [6, 6.07) is 2.29. The zero-order valence-electron chi connectivity index (χ0n) is 16.3. The van der Waals surface area contributed by atoms with Crippen LogP contribution in [0.1, 0.15) is 18.2 Å². The van der Waals surface area contributed by atoms with E-state index in [4.69, 9.17) is 5.73 Å². The Balaban J connectivity index is 2.17. The Hall–Kier alpha value is -3.44. The molecule has 0 aliphatic carbocycles. The van der Waals surface area contributed by atoms with Crippen molar-refractivity contribution in [1.82, 2.24) is 20.6 Å². The van der Waals surface area contributed by atoms with Gasteiger partial charge in [0.15, 0.2) is 0 Å². The number of carboxylic acid groups (broad SMARTS) is 1. The number of benzene rings is 1. The predicted octanol–water partition coefficient (Wildman–Crippen LogP) is -1.34. The fourth-order valence-electron chi connectivity index (χ4n) is 2.65. The van der Waals surface area contributed by atoms with Crippen LogP contribution in [0.2, 0.25) is 0 Å². The summed E-state index contributed by atoms with van der Waals surface area (Å²) in [6.45, 7) is 1.34. The van der Waals surface area contributed by atoms with E-state index in [1.165, 1.54) is 31.6 Å². The van der Waals surface area contributed by atoms with Gasteiger partial charge in [-0.15, -0.1) is 0 Å². The van der Waals surface area contributed by atoms with Gasteiger partial charge in [-0.1, -0.05) is 12.1 Å². The van der Waals surface area contributed by atoms with Crippen molar-refractivity contribution in [2.24, 2.45) is 5.73 Å².